The molecule has 0 atom stereocenters. The Labute approximate surface area is 115 Å². The Hall–Kier alpha value is -1.20. The number of aryl methyl sites for hydroxylation is 1. The van der Waals surface area contributed by atoms with Crippen LogP contribution < -0.4 is 5.32 Å². The number of nitrogens with zero attached hydrogens (tertiary/aromatic N) is 3. The number of benzene rings is 1. The molecule has 0 unspecified atom stereocenters. The van der Waals surface area contributed by atoms with Crippen LogP contribution in [0.3, 0.4) is 0 Å². The minimum absolute atomic E-state index is 0.714. The van der Waals surface area contributed by atoms with Crippen LogP contribution in [0.25, 0.3) is 11.3 Å². The van der Waals surface area contributed by atoms with Gasteiger partial charge in [0.2, 0.25) is 0 Å². The summed E-state index contributed by atoms with van der Waals surface area (Å²) in [5.41, 5.74) is 3.50. The summed E-state index contributed by atoms with van der Waals surface area (Å²) in [4.78, 5) is 0. The van der Waals surface area contributed by atoms with Crippen molar-refractivity contribution in [1.29, 1.82) is 0 Å². The zero-order valence-electron chi connectivity index (χ0n) is 10.2. The van der Waals surface area contributed by atoms with Crippen molar-refractivity contribution in [2.24, 2.45) is 7.05 Å². The van der Waals surface area contributed by atoms with Crippen LogP contribution in [0.1, 0.15) is 18.4 Å². The van der Waals surface area contributed by atoms with Crippen LogP contribution in [0, 0.1) is 0 Å². The van der Waals surface area contributed by atoms with Gasteiger partial charge in [0.25, 0.3) is 0 Å². The molecule has 4 nitrogen and oxygen atoms in total. The fraction of sp³-hybridized carbons (Fsp3) is 0.385. The van der Waals surface area contributed by atoms with E-state index in [0.29, 0.717) is 6.04 Å². The lowest BCUT2D eigenvalue weighted by atomic mass is 10.0. The molecule has 1 N–H and O–H groups in total. The lowest BCUT2D eigenvalue weighted by Crippen LogP contribution is -2.16. The van der Waals surface area contributed by atoms with Crippen molar-refractivity contribution in [2.45, 2.75) is 25.4 Å². The van der Waals surface area contributed by atoms with Crippen LogP contribution >= 0.6 is 15.9 Å². The first-order valence-electron chi connectivity index (χ1n) is 6.12. The number of hydrogen-bond donors (Lipinski definition) is 1. The second-order valence-corrected chi connectivity index (χ2v) is 5.42. The Kier molecular flexibility index (Phi) is 3.18. The SMILES string of the molecule is Cn1nnc(Br)c1-c1ccccc1CNC1CC1. The standard InChI is InChI=1S/C13H15BrN4/c1-18-12(13(14)16-17-18)11-5-3-2-4-9(11)8-15-10-6-7-10/h2-5,10,15H,6-8H2,1H3. The molecule has 0 spiro atoms. The van der Waals surface area contributed by atoms with Gasteiger partial charge in [-0.3, -0.25) is 0 Å². The largest absolute Gasteiger partial charge is 0.310 e. The van der Waals surface area contributed by atoms with Crippen LogP contribution in [0.4, 0.5) is 0 Å². The molecule has 0 saturated heterocycles. The van der Waals surface area contributed by atoms with Gasteiger partial charge in [-0.2, -0.15) is 0 Å². The topological polar surface area (TPSA) is 42.7 Å². The zero-order valence-corrected chi connectivity index (χ0v) is 11.8. The summed E-state index contributed by atoms with van der Waals surface area (Å²) in [6, 6.07) is 9.11. The van der Waals surface area contributed by atoms with E-state index in [0.717, 1.165) is 16.8 Å². The lowest BCUT2D eigenvalue weighted by molar-refractivity contribution is 0.686. The van der Waals surface area contributed by atoms with Crippen molar-refractivity contribution >= 4 is 15.9 Å². The molecule has 0 bridgehead atoms. The van der Waals surface area contributed by atoms with E-state index in [1.807, 2.05) is 7.05 Å². The van der Waals surface area contributed by atoms with E-state index in [9.17, 15) is 0 Å². The van der Waals surface area contributed by atoms with Crippen LogP contribution in [-0.2, 0) is 13.6 Å². The van der Waals surface area contributed by atoms with Gasteiger partial charge in [0.1, 0.15) is 5.69 Å². The van der Waals surface area contributed by atoms with Crippen molar-refractivity contribution < 1.29 is 0 Å². The molecule has 1 heterocycles. The highest BCUT2D eigenvalue weighted by atomic mass is 79.9. The summed E-state index contributed by atoms with van der Waals surface area (Å²) < 4.78 is 2.60. The number of hydrogen-bond acceptors (Lipinski definition) is 3. The van der Waals surface area contributed by atoms with Gasteiger partial charge in [-0.25, -0.2) is 4.68 Å². The molecule has 94 valence electrons. The molecule has 3 rings (SSSR count). The van der Waals surface area contributed by atoms with Crippen LogP contribution in [0.2, 0.25) is 0 Å². The molecule has 1 aliphatic carbocycles. The van der Waals surface area contributed by atoms with E-state index < -0.39 is 0 Å². The molecule has 1 aliphatic rings. The number of aromatic nitrogens is 3. The van der Waals surface area contributed by atoms with Crippen LogP contribution in [-0.4, -0.2) is 21.0 Å². The van der Waals surface area contributed by atoms with Gasteiger partial charge < -0.3 is 5.32 Å². The number of nitrogens with one attached hydrogen (secondary N) is 1. The first kappa shape index (κ1) is 11.9. The summed E-state index contributed by atoms with van der Waals surface area (Å²) in [6.45, 7) is 0.901. The molecule has 1 aromatic heterocycles. The maximum absolute atomic E-state index is 4.05. The van der Waals surface area contributed by atoms with Gasteiger partial charge in [-0.05, 0) is 34.3 Å². The molecule has 0 aliphatic heterocycles. The highest BCUT2D eigenvalue weighted by Gasteiger charge is 2.21. The maximum Gasteiger partial charge on any atom is 0.156 e. The van der Waals surface area contributed by atoms with Crippen molar-refractivity contribution in [3.63, 3.8) is 0 Å². The molecule has 1 fully saturated rings. The molecule has 0 amide bonds. The number of rotatable bonds is 4. The minimum atomic E-state index is 0.714. The quantitative estimate of drug-likeness (QED) is 0.944. The van der Waals surface area contributed by atoms with Crippen molar-refractivity contribution in [3.8, 4) is 11.3 Å². The third-order valence-electron chi connectivity index (χ3n) is 3.22. The molecule has 18 heavy (non-hydrogen) atoms. The lowest BCUT2D eigenvalue weighted by Gasteiger charge is -2.10. The predicted octanol–water partition coefficient (Wildman–Crippen LogP) is 2.50. The van der Waals surface area contributed by atoms with Crippen molar-refractivity contribution in [3.05, 3.63) is 34.4 Å². The van der Waals surface area contributed by atoms with Gasteiger partial charge >= 0.3 is 0 Å². The molecule has 0 radical (unpaired) electrons. The molecular weight excluding hydrogens is 292 g/mol. The normalized spacial score (nSPS) is 15.0. The summed E-state index contributed by atoms with van der Waals surface area (Å²) in [7, 11) is 1.91. The van der Waals surface area contributed by atoms with E-state index in [1.165, 1.54) is 24.0 Å². The van der Waals surface area contributed by atoms with E-state index in [-0.39, 0.29) is 0 Å². The Morgan fingerprint density at radius 1 is 1.39 bits per heavy atom. The molecule has 2 aromatic rings. The molecule has 1 saturated carbocycles. The van der Waals surface area contributed by atoms with Gasteiger partial charge in [0.15, 0.2) is 4.60 Å². The molecule has 1 aromatic carbocycles. The number of halogens is 1. The monoisotopic (exact) mass is 306 g/mol. The first-order chi connectivity index (χ1) is 8.75. The highest BCUT2D eigenvalue weighted by molar-refractivity contribution is 9.10. The van der Waals surface area contributed by atoms with Gasteiger partial charge in [0.05, 0.1) is 0 Å². The summed E-state index contributed by atoms with van der Waals surface area (Å²) in [5, 5.41) is 11.6. The van der Waals surface area contributed by atoms with Gasteiger partial charge in [-0.1, -0.05) is 29.5 Å². The summed E-state index contributed by atoms with van der Waals surface area (Å²) in [5.74, 6) is 0. The zero-order chi connectivity index (χ0) is 12.5. The second-order valence-electron chi connectivity index (χ2n) is 4.66. The predicted molar refractivity (Wildman–Crippen MR) is 74.0 cm³/mol. The highest BCUT2D eigenvalue weighted by Crippen LogP contribution is 2.29. The van der Waals surface area contributed by atoms with E-state index in [2.05, 4.69) is 55.8 Å². The Morgan fingerprint density at radius 2 is 2.17 bits per heavy atom. The van der Waals surface area contributed by atoms with E-state index in [4.69, 9.17) is 0 Å². The van der Waals surface area contributed by atoms with E-state index in [1.54, 1.807) is 4.68 Å². The Balaban J connectivity index is 1.94. The van der Waals surface area contributed by atoms with Crippen LogP contribution in [0.5, 0.6) is 0 Å². The molecular formula is C13H15BrN4. The van der Waals surface area contributed by atoms with Gasteiger partial charge in [0, 0.05) is 25.2 Å². The smallest absolute Gasteiger partial charge is 0.156 e. The Morgan fingerprint density at radius 3 is 2.83 bits per heavy atom. The van der Waals surface area contributed by atoms with E-state index >= 15 is 0 Å². The third-order valence-corrected chi connectivity index (χ3v) is 3.75. The molecule has 5 heteroatoms. The second kappa shape index (κ2) is 4.82. The fourth-order valence-electron chi connectivity index (χ4n) is 2.06. The van der Waals surface area contributed by atoms with Crippen LogP contribution in [0.15, 0.2) is 28.9 Å². The minimum Gasteiger partial charge on any atom is -0.310 e. The summed E-state index contributed by atoms with van der Waals surface area (Å²) >= 11 is 3.47. The third kappa shape index (κ3) is 2.33. The fourth-order valence-corrected chi connectivity index (χ4v) is 2.61. The average Bonchev–Trinajstić information content (AvgIpc) is 3.14. The van der Waals surface area contributed by atoms with Gasteiger partial charge in [-0.15, -0.1) is 5.10 Å². The maximum atomic E-state index is 4.05. The summed E-state index contributed by atoms with van der Waals surface area (Å²) in [6.07, 6.45) is 2.61. The Bertz CT molecular complexity index is 540. The van der Waals surface area contributed by atoms with Crippen molar-refractivity contribution in [2.75, 3.05) is 0 Å². The average molecular weight is 307 g/mol. The first-order valence-corrected chi connectivity index (χ1v) is 6.92. The van der Waals surface area contributed by atoms with Crippen molar-refractivity contribution in [1.82, 2.24) is 20.3 Å².